The molecule has 1 aromatic rings. The Morgan fingerprint density at radius 2 is 1.79 bits per heavy atom. The van der Waals surface area contributed by atoms with Crippen LogP contribution in [0.1, 0.15) is 56.7 Å². The van der Waals surface area contributed by atoms with Gasteiger partial charge in [-0.1, -0.05) is 43.7 Å². The van der Waals surface area contributed by atoms with Gasteiger partial charge in [-0.3, -0.25) is 0 Å². The fourth-order valence-corrected chi connectivity index (χ4v) is 2.69. The quantitative estimate of drug-likeness (QED) is 0.889. The summed E-state index contributed by atoms with van der Waals surface area (Å²) < 4.78 is 6.00. The molecule has 2 heteroatoms. The maximum atomic E-state index is 6.19. The van der Waals surface area contributed by atoms with Crippen molar-refractivity contribution in [2.24, 2.45) is 11.1 Å². The lowest BCUT2D eigenvalue weighted by atomic mass is 9.76. The van der Waals surface area contributed by atoms with Gasteiger partial charge in [-0.2, -0.15) is 0 Å². The van der Waals surface area contributed by atoms with Crippen LogP contribution in [-0.2, 0) is 4.74 Å². The Hall–Kier alpha value is -0.860. The molecule has 0 aliphatic heterocycles. The van der Waals surface area contributed by atoms with E-state index in [9.17, 15) is 0 Å². The summed E-state index contributed by atoms with van der Waals surface area (Å²) in [5.41, 5.74) is 9.13. The first-order valence-corrected chi connectivity index (χ1v) is 7.40. The van der Waals surface area contributed by atoms with E-state index in [1.807, 2.05) is 0 Å². The van der Waals surface area contributed by atoms with Crippen LogP contribution >= 0.6 is 0 Å². The molecule has 1 fully saturated rings. The molecular weight excluding hydrogens is 234 g/mol. The summed E-state index contributed by atoms with van der Waals surface area (Å²) >= 11 is 0. The van der Waals surface area contributed by atoms with E-state index in [1.54, 1.807) is 0 Å². The zero-order valence-corrected chi connectivity index (χ0v) is 12.5. The summed E-state index contributed by atoms with van der Waals surface area (Å²) in [5, 5.41) is 0. The van der Waals surface area contributed by atoms with Crippen LogP contribution in [0, 0.1) is 12.3 Å². The normalized spacial score (nSPS) is 21.3. The second-order valence-corrected chi connectivity index (χ2v) is 6.71. The van der Waals surface area contributed by atoms with Crippen LogP contribution in [0.15, 0.2) is 24.3 Å². The topological polar surface area (TPSA) is 35.2 Å². The molecule has 2 N–H and O–H groups in total. The van der Waals surface area contributed by atoms with Crippen molar-refractivity contribution in [1.29, 1.82) is 0 Å². The van der Waals surface area contributed by atoms with Crippen LogP contribution in [0.2, 0.25) is 0 Å². The molecule has 1 aliphatic rings. The van der Waals surface area contributed by atoms with E-state index >= 15 is 0 Å². The molecule has 19 heavy (non-hydrogen) atoms. The number of hydrogen-bond acceptors (Lipinski definition) is 2. The van der Waals surface area contributed by atoms with E-state index in [2.05, 4.69) is 45.0 Å². The van der Waals surface area contributed by atoms with Crippen LogP contribution < -0.4 is 5.73 Å². The lowest BCUT2D eigenvalue weighted by Gasteiger charge is -2.34. The molecule has 1 aliphatic carbocycles. The molecule has 1 saturated carbocycles. The van der Waals surface area contributed by atoms with Crippen molar-refractivity contribution < 1.29 is 4.74 Å². The Bertz CT molecular complexity index is 386. The summed E-state index contributed by atoms with van der Waals surface area (Å²) in [6.45, 7) is 7.42. The maximum Gasteiger partial charge on any atom is 0.0663 e. The molecule has 2 rings (SSSR count). The first-order valence-electron chi connectivity index (χ1n) is 7.40. The predicted octanol–water partition coefficient (Wildman–Crippen LogP) is 3.98. The van der Waals surface area contributed by atoms with Crippen molar-refractivity contribution in [3.05, 3.63) is 35.4 Å². The van der Waals surface area contributed by atoms with Crippen LogP contribution in [-0.4, -0.2) is 12.7 Å². The maximum absolute atomic E-state index is 6.19. The lowest BCUT2D eigenvalue weighted by molar-refractivity contribution is -0.00184. The fourth-order valence-electron chi connectivity index (χ4n) is 2.69. The number of rotatable bonds is 4. The Morgan fingerprint density at radius 1 is 1.21 bits per heavy atom. The van der Waals surface area contributed by atoms with Gasteiger partial charge in [-0.05, 0) is 43.6 Å². The van der Waals surface area contributed by atoms with Crippen molar-refractivity contribution >= 4 is 0 Å². The lowest BCUT2D eigenvalue weighted by Crippen LogP contribution is -2.29. The third-order valence-corrected chi connectivity index (χ3v) is 4.30. The van der Waals surface area contributed by atoms with Gasteiger partial charge in [0.05, 0.1) is 18.8 Å². The SMILES string of the molecule is Cc1ccc(C(N)COC2CCC(C)(C)CC2)cc1. The summed E-state index contributed by atoms with van der Waals surface area (Å²) in [6.07, 6.45) is 5.28. The highest BCUT2D eigenvalue weighted by atomic mass is 16.5. The molecule has 0 spiro atoms. The molecule has 106 valence electrons. The number of ether oxygens (including phenoxy) is 1. The highest BCUT2D eigenvalue weighted by molar-refractivity contribution is 5.23. The van der Waals surface area contributed by atoms with Gasteiger partial charge in [0.25, 0.3) is 0 Å². The smallest absolute Gasteiger partial charge is 0.0663 e. The van der Waals surface area contributed by atoms with Gasteiger partial charge in [0.1, 0.15) is 0 Å². The molecule has 0 amide bonds. The third-order valence-electron chi connectivity index (χ3n) is 4.30. The standard InChI is InChI=1S/C17H27NO/c1-13-4-6-14(7-5-13)16(18)12-19-15-8-10-17(2,3)11-9-15/h4-7,15-16H,8-12,18H2,1-3H3. The minimum atomic E-state index is -0.00413. The predicted molar refractivity (Wildman–Crippen MR) is 80.1 cm³/mol. The van der Waals surface area contributed by atoms with E-state index in [0.29, 0.717) is 18.1 Å². The van der Waals surface area contributed by atoms with Gasteiger partial charge in [0, 0.05) is 0 Å². The molecule has 2 nitrogen and oxygen atoms in total. The molecule has 1 aromatic carbocycles. The van der Waals surface area contributed by atoms with Crippen LogP contribution in [0.5, 0.6) is 0 Å². The van der Waals surface area contributed by atoms with Gasteiger partial charge in [-0.15, -0.1) is 0 Å². The molecule has 1 atom stereocenters. The van der Waals surface area contributed by atoms with Crippen molar-refractivity contribution in [3.8, 4) is 0 Å². The Morgan fingerprint density at radius 3 is 2.37 bits per heavy atom. The van der Waals surface area contributed by atoms with Gasteiger partial charge < -0.3 is 10.5 Å². The van der Waals surface area contributed by atoms with Crippen molar-refractivity contribution in [1.82, 2.24) is 0 Å². The third kappa shape index (κ3) is 4.32. The minimum absolute atomic E-state index is 0.00413. The first kappa shape index (κ1) is 14.5. The fraction of sp³-hybridized carbons (Fsp3) is 0.647. The molecule has 1 unspecified atom stereocenters. The van der Waals surface area contributed by atoms with Crippen molar-refractivity contribution in [2.45, 2.75) is 58.6 Å². The number of aryl methyl sites for hydroxylation is 1. The second kappa shape index (κ2) is 6.06. The molecule has 0 aromatic heterocycles. The van der Waals surface area contributed by atoms with Crippen LogP contribution in [0.25, 0.3) is 0 Å². The first-order chi connectivity index (χ1) is 8.96. The Kier molecular flexibility index (Phi) is 4.64. The molecule has 0 saturated heterocycles. The van der Waals surface area contributed by atoms with Crippen molar-refractivity contribution in [3.63, 3.8) is 0 Å². The summed E-state index contributed by atoms with van der Waals surface area (Å²) in [7, 11) is 0. The minimum Gasteiger partial charge on any atom is -0.376 e. The molecule has 0 heterocycles. The summed E-state index contributed by atoms with van der Waals surface area (Å²) in [6, 6.07) is 8.42. The Labute approximate surface area is 117 Å². The van der Waals surface area contributed by atoms with Gasteiger partial charge >= 0.3 is 0 Å². The van der Waals surface area contributed by atoms with Gasteiger partial charge in [-0.25, -0.2) is 0 Å². The molecule has 0 bridgehead atoms. The highest BCUT2D eigenvalue weighted by Crippen LogP contribution is 2.36. The van der Waals surface area contributed by atoms with E-state index in [0.717, 1.165) is 0 Å². The molecular formula is C17H27NO. The largest absolute Gasteiger partial charge is 0.376 e. The van der Waals surface area contributed by atoms with E-state index in [1.165, 1.54) is 36.8 Å². The zero-order chi connectivity index (χ0) is 13.9. The van der Waals surface area contributed by atoms with Gasteiger partial charge in [0.15, 0.2) is 0 Å². The highest BCUT2D eigenvalue weighted by Gasteiger charge is 2.27. The monoisotopic (exact) mass is 261 g/mol. The number of benzene rings is 1. The molecule has 0 radical (unpaired) electrons. The van der Waals surface area contributed by atoms with Crippen LogP contribution in [0.4, 0.5) is 0 Å². The van der Waals surface area contributed by atoms with E-state index < -0.39 is 0 Å². The Balaban J connectivity index is 1.78. The summed E-state index contributed by atoms with van der Waals surface area (Å²) in [4.78, 5) is 0. The van der Waals surface area contributed by atoms with E-state index in [-0.39, 0.29) is 6.04 Å². The number of hydrogen-bond donors (Lipinski definition) is 1. The average molecular weight is 261 g/mol. The van der Waals surface area contributed by atoms with Gasteiger partial charge in [0.2, 0.25) is 0 Å². The van der Waals surface area contributed by atoms with E-state index in [4.69, 9.17) is 10.5 Å². The second-order valence-electron chi connectivity index (χ2n) is 6.71. The zero-order valence-electron chi connectivity index (χ0n) is 12.5. The van der Waals surface area contributed by atoms with Crippen LogP contribution in [0.3, 0.4) is 0 Å². The van der Waals surface area contributed by atoms with Crippen molar-refractivity contribution in [2.75, 3.05) is 6.61 Å². The summed E-state index contributed by atoms with van der Waals surface area (Å²) in [5.74, 6) is 0. The average Bonchev–Trinajstić information content (AvgIpc) is 2.38. The number of nitrogens with two attached hydrogens (primary N) is 1.